The molecule has 0 aromatic carbocycles. The van der Waals surface area contributed by atoms with E-state index in [1.165, 1.54) is 11.3 Å². The van der Waals surface area contributed by atoms with Crippen LogP contribution in [0.25, 0.3) is 0 Å². The number of hydrogen-bond donors (Lipinski definition) is 1. The van der Waals surface area contributed by atoms with Crippen molar-refractivity contribution in [1.29, 1.82) is 0 Å². The molecule has 0 saturated carbocycles. The van der Waals surface area contributed by atoms with Gasteiger partial charge in [-0.2, -0.15) is 11.3 Å². The van der Waals surface area contributed by atoms with Crippen LogP contribution in [0, 0.1) is 0 Å². The van der Waals surface area contributed by atoms with Gasteiger partial charge in [0, 0.05) is 0 Å². The molecule has 0 spiro atoms. The molecule has 0 aliphatic heterocycles. The molecule has 1 aromatic heterocycles. The van der Waals surface area contributed by atoms with Gasteiger partial charge in [0.25, 0.3) is 0 Å². The van der Waals surface area contributed by atoms with Crippen LogP contribution in [-0.2, 0) is 21.1 Å². The highest BCUT2D eigenvalue weighted by atomic mass is 32.2. The average Bonchev–Trinajstić information content (AvgIpc) is 2.67. The molecule has 0 saturated heterocycles. The number of aryl methyl sites for hydroxylation is 1. The fourth-order valence-corrected chi connectivity index (χ4v) is 3.74. The Balaban J connectivity index is 2.67. The first-order chi connectivity index (χ1) is 7.47. The molecule has 90 valence electrons. The zero-order valence-electron chi connectivity index (χ0n) is 8.92. The highest BCUT2D eigenvalue weighted by Crippen LogP contribution is 2.12. The molecule has 1 N–H and O–H groups in total. The SMILES string of the molecule is CCC(C(=O)O)S(=O)(=O)CCc1ccsc1. The van der Waals surface area contributed by atoms with Crippen molar-refractivity contribution in [2.45, 2.75) is 25.0 Å². The van der Waals surface area contributed by atoms with Gasteiger partial charge in [0.2, 0.25) is 0 Å². The van der Waals surface area contributed by atoms with Crippen LogP contribution in [0.5, 0.6) is 0 Å². The zero-order chi connectivity index (χ0) is 12.2. The Labute approximate surface area is 98.8 Å². The Morgan fingerprint density at radius 2 is 2.25 bits per heavy atom. The van der Waals surface area contributed by atoms with Gasteiger partial charge in [-0.15, -0.1) is 0 Å². The maximum atomic E-state index is 11.7. The molecule has 0 aliphatic rings. The second-order valence-corrected chi connectivity index (χ2v) is 6.57. The van der Waals surface area contributed by atoms with Gasteiger partial charge < -0.3 is 5.11 Å². The average molecular weight is 262 g/mol. The van der Waals surface area contributed by atoms with Gasteiger partial charge in [0.15, 0.2) is 15.1 Å². The minimum absolute atomic E-state index is 0.103. The van der Waals surface area contributed by atoms with E-state index in [4.69, 9.17) is 5.11 Å². The predicted octanol–water partition coefficient (Wildman–Crippen LogP) is 1.57. The fourth-order valence-electron chi connectivity index (χ4n) is 1.42. The van der Waals surface area contributed by atoms with Crippen molar-refractivity contribution in [3.63, 3.8) is 0 Å². The number of rotatable bonds is 6. The molecule has 1 rings (SSSR count). The Morgan fingerprint density at radius 1 is 1.56 bits per heavy atom. The van der Waals surface area contributed by atoms with Crippen LogP contribution in [0.3, 0.4) is 0 Å². The highest BCUT2D eigenvalue weighted by molar-refractivity contribution is 7.92. The first kappa shape index (κ1) is 13.2. The van der Waals surface area contributed by atoms with Crippen LogP contribution in [0.15, 0.2) is 16.8 Å². The fraction of sp³-hybridized carbons (Fsp3) is 0.500. The Kier molecular flexibility index (Phi) is 4.49. The highest BCUT2D eigenvalue weighted by Gasteiger charge is 2.30. The summed E-state index contributed by atoms with van der Waals surface area (Å²) < 4.78 is 23.4. The third kappa shape index (κ3) is 3.31. The lowest BCUT2D eigenvalue weighted by atomic mass is 10.3. The summed E-state index contributed by atoms with van der Waals surface area (Å²) >= 11 is 1.50. The normalized spacial score (nSPS) is 13.6. The Hall–Kier alpha value is -0.880. The summed E-state index contributed by atoms with van der Waals surface area (Å²) in [5.74, 6) is -1.36. The van der Waals surface area contributed by atoms with Crippen molar-refractivity contribution in [3.05, 3.63) is 22.4 Å². The molecule has 0 radical (unpaired) electrons. The minimum Gasteiger partial charge on any atom is -0.480 e. The monoisotopic (exact) mass is 262 g/mol. The van der Waals surface area contributed by atoms with Gasteiger partial charge in [-0.1, -0.05) is 6.92 Å². The predicted molar refractivity (Wildman–Crippen MR) is 63.5 cm³/mol. The molecule has 4 nitrogen and oxygen atoms in total. The number of aliphatic carboxylic acids is 1. The smallest absolute Gasteiger partial charge is 0.321 e. The maximum Gasteiger partial charge on any atom is 0.321 e. The maximum absolute atomic E-state index is 11.7. The summed E-state index contributed by atoms with van der Waals surface area (Å²) in [4.78, 5) is 10.8. The van der Waals surface area contributed by atoms with Crippen molar-refractivity contribution in [2.24, 2.45) is 0 Å². The lowest BCUT2D eigenvalue weighted by Gasteiger charge is -2.10. The number of carbonyl (C=O) groups is 1. The number of carboxylic acids is 1. The van der Waals surface area contributed by atoms with E-state index in [9.17, 15) is 13.2 Å². The molecular formula is C10H14O4S2. The van der Waals surface area contributed by atoms with Crippen LogP contribution >= 0.6 is 11.3 Å². The second kappa shape index (κ2) is 5.45. The van der Waals surface area contributed by atoms with Gasteiger partial charge in [-0.3, -0.25) is 4.79 Å². The van der Waals surface area contributed by atoms with Crippen molar-refractivity contribution in [1.82, 2.24) is 0 Å². The van der Waals surface area contributed by atoms with E-state index in [-0.39, 0.29) is 12.2 Å². The van der Waals surface area contributed by atoms with E-state index in [0.717, 1.165) is 5.56 Å². The number of carboxylic acid groups (broad SMARTS) is 1. The summed E-state index contributed by atoms with van der Waals surface area (Å²) in [6.45, 7) is 1.57. The van der Waals surface area contributed by atoms with Crippen molar-refractivity contribution in [2.75, 3.05) is 5.75 Å². The summed E-state index contributed by atoms with van der Waals surface area (Å²) in [5.41, 5.74) is 0.939. The van der Waals surface area contributed by atoms with Crippen LogP contribution in [0.2, 0.25) is 0 Å². The number of hydrogen-bond acceptors (Lipinski definition) is 4. The molecule has 1 aromatic rings. The Morgan fingerprint density at radius 3 is 2.69 bits per heavy atom. The van der Waals surface area contributed by atoms with E-state index < -0.39 is 21.1 Å². The molecule has 0 bridgehead atoms. The molecule has 1 atom stereocenters. The summed E-state index contributed by atoms with van der Waals surface area (Å²) in [5, 5.41) is 11.3. The lowest BCUT2D eigenvalue weighted by Crippen LogP contribution is -2.32. The van der Waals surface area contributed by atoms with Gasteiger partial charge in [-0.05, 0) is 35.2 Å². The third-order valence-corrected chi connectivity index (χ3v) is 5.24. The second-order valence-electron chi connectivity index (χ2n) is 3.48. The van der Waals surface area contributed by atoms with Crippen LogP contribution in [0.4, 0.5) is 0 Å². The van der Waals surface area contributed by atoms with Crippen molar-refractivity contribution in [3.8, 4) is 0 Å². The first-order valence-corrected chi connectivity index (χ1v) is 7.58. The first-order valence-electron chi connectivity index (χ1n) is 4.93. The summed E-state index contributed by atoms with van der Waals surface area (Å²) in [6, 6.07) is 1.85. The standard InChI is InChI=1S/C10H14O4S2/c1-2-9(10(11)12)16(13,14)6-4-8-3-5-15-7-8/h3,5,7,9H,2,4,6H2,1H3,(H,11,12). The van der Waals surface area contributed by atoms with Gasteiger partial charge in [0.1, 0.15) is 0 Å². The quantitative estimate of drug-likeness (QED) is 0.844. The van der Waals surface area contributed by atoms with Crippen LogP contribution < -0.4 is 0 Å². The van der Waals surface area contributed by atoms with Crippen LogP contribution in [-0.4, -0.2) is 30.5 Å². The van der Waals surface area contributed by atoms with E-state index in [1.54, 1.807) is 6.92 Å². The summed E-state index contributed by atoms with van der Waals surface area (Å²) in [7, 11) is -3.54. The largest absolute Gasteiger partial charge is 0.480 e. The van der Waals surface area contributed by atoms with E-state index in [1.807, 2.05) is 16.8 Å². The third-order valence-electron chi connectivity index (χ3n) is 2.34. The molecule has 6 heteroatoms. The van der Waals surface area contributed by atoms with Gasteiger partial charge in [-0.25, -0.2) is 8.42 Å². The van der Waals surface area contributed by atoms with Crippen molar-refractivity contribution >= 4 is 27.1 Å². The molecule has 0 fully saturated rings. The van der Waals surface area contributed by atoms with Gasteiger partial charge in [0.05, 0.1) is 5.75 Å². The topological polar surface area (TPSA) is 71.4 Å². The number of thiophene rings is 1. The zero-order valence-corrected chi connectivity index (χ0v) is 10.6. The van der Waals surface area contributed by atoms with E-state index in [0.29, 0.717) is 6.42 Å². The molecular weight excluding hydrogens is 248 g/mol. The summed E-state index contributed by atoms with van der Waals surface area (Å²) in [6.07, 6.45) is 0.497. The number of sulfone groups is 1. The molecule has 1 heterocycles. The van der Waals surface area contributed by atoms with Gasteiger partial charge >= 0.3 is 5.97 Å². The van der Waals surface area contributed by atoms with E-state index in [2.05, 4.69) is 0 Å². The lowest BCUT2D eigenvalue weighted by molar-refractivity contribution is -0.136. The van der Waals surface area contributed by atoms with Crippen molar-refractivity contribution < 1.29 is 18.3 Å². The Bertz CT molecular complexity index is 433. The molecule has 16 heavy (non-hydrogen) atoms. The molecule has 0 aliphatic carbocycles. The molecule has 0 amide bonds. The van der Waals surface area contributed by atoms with Crippen LogP contribution in [0.1, 0.15) is 18.9 Å². The molecule has 1 unspecified atom stereocenters. The minimum atomic E-state index is -3.54. The van der Waals surface area contributed by atoms with E-state index >= 15 is 0 Å².